The number of rotatable bonds is 10. The molecule has 0 radical (unpaired) electrons. The molecule has 3 fully saturated rings. The van der Waals surface area contributed by atoms with Crippen molar-refractivity contribution in [3.63, 3.8) is 0 Å². The van der Waals surface area contributed by atoms with Gasteiger partial charge in [0.1, 0.15) is 12.4 Å². The second-order valence-corrected chi connectivity index (χ2v) is 9.91. The van der Waals surface area contributed by atoms with Crippen LogP contribution in [0.4, 0.5) is 4.79 Å². The van der Waals surface area contributed by atoms with E-state index in [0.717, 1.165) is 49.5 Å². The Morgan fingerprint density at radius 3 is 2.45 bits per heavy atom. The summed E-state index contributed by atoms with van der Waals surface area (Å²) in [6, 6.07) is 3.87. The highest BCUT2D eigenvalue weighted by Crippen LogP contribution is 2.44. The van der Waals surface area contributed by atoms with Gasteiger partial charge in [0.25, 0.3) is 0 Å². The predicted octanol–water partition coefficient (Wildman–Crippen LogP) is 3.97. The van der Waals surface area contributed by atoms with Gasteiger partial charge in [0.05, 0.1) is 28.9 Å². The Labute approximate surface area is 197 Å². The normalized spacial score (nSPS) is 19.6. The Bertz CT molecular complexity index is 858. The van der Waals surface area contributed by atoms with Gasteiger partial charge in [0.15, 0.2) is 0 Å². The van der Waals surface area contributed by atoms with Crippen molar-refractivity contribution in [1.82, 2.24) is 14.9 Å². The number of hydrogen-bond donors (Lipinski definition) is 2. The van der Waals surface area contributed by atoms with Gasteiger partial charge in [-0.1, -0.05) is 19.3 Å². The third kappa shape index (κ3) is 6.53. The number of carbonyl (C=O) groups is 1. The molecule has 33 heavy (non-hydrogen) atoms. The zero-order chi connectivity index (χ0) is 23.4. The van der Waals surface area contributed by atoms with Crippen LogP contribution in [0.3, 0.4) is 0 Å². The zero-order valence-electron chi connectivity index (χ0n) is 20.1. The monoisotopic (exact) mass is 457 g/mol. The highest BCUT2D eigenvalue weighted by atomic mass is 16.6. The summed E-state index contributed by atoms with van der Waals surface area (Å²) in [5, 5.41) is 1.40. The molecule has 1 aromatic heterocycles. The van der Waals surface area contributed by atoms with Crippen LogP contribution in [0.1, 0.15) is 81.5 Å². The summed E-state index contributed by atoms with van der Waals surface area (Å²) in [6.07, 6.45) is 11.7. The van der Waals surface area contributed by atoms with Crippen LogP contribution in [-0.4, -0.2) is 54.3 Å². The van der Waals surface area contributed by atoms with Crippen molar-refractivity contribution in [2.24, 2.45) is 17.5 Å². The molecule has 3 saturated carbocycles. The smallest absolute Gasteiger partial charge is 0.409 e. The number of ether oxygens (including phenoxy) is 2. The van der Waals surface area contributed by atoms with Crippen molar-refractivity contribution >= 4 is 11.8 Å². The fourth-order valence-corrected chi connectivity index (χ4v) is 4.36. The van der Waals surface area contributed by atoms with E-state index < -0.39 is 0 Å². The van der Waals surface area contributed by atoms with Crippen molar-refractivity contribution < 1.29 is 14.3 Å². The molecule has 0 unspecified atom stereocenters. The third-order valence-electron chi connectivity index (χ3n) is 6.92. The van der Waals surface area contributed by atoms with Gasteiger partial charge < -0.3 is 25.1 Å². The SMILES string of the molecule is CN(CCC1CC1)C(=O)OC/C(=C(/N)c1ccc(OC2CCCCC2)c(C2CC2)n1)N(C)N. The molecule has 8 nitrogen and oxygen atoms in total. The molecule has 8 heteroatoms. The predicted molar refractivity (Wildman–Crippen MR) is 128 cm³/mol. The average molecular weight is 458 g/mol. The second kappa shape index (κ2) is 10.6. The zero-order valence-corrected chi connectivity index (χ0v) is 20.1. The van der Waals surface area contributed by atoms with Crippen molar-refractivity contribution in [1.29, 1.82) is 0 Å². The average Bonchev–Trinajstić information content (AvgIpc) is 3.72. The van der Waals surface area contributed by atoms with Gasteiger partial charge in [-0.3, -0.25) is 0 Å². The quantitative estimate of drug-likeness (QED) is 0.404. The molecule has 1 amide bonds. The van der Waals surface area contributed by atoms with Crippen molar-refractivity contribution in [2.75, 3.05) is 27.2 Å². The maximum atomic E-state index is 12.4. The summed E-state index contributed by atoms with van der Waals surface area (Å²) in [5.74, 6) is 8.11. The highest BCUT2D eigenvalue weighted by Gasteiger charge is 2.30. The fraction of sp³-hybridized carbons (Fsp3) is 0.680. The summed E-state index contributed by atoms with van der Waals surface area (Å²) in [6.45, 7) is 0.692. The number of nitrogens with two attached hydrogens (primary N) is 2. The van der Waals surface area contributed by atoms with E-state index in [2.05, 4.69) is 0 Å². The number of hydrazine groups is 1. The van der Waals surface area contributed by atoms with E-state index >= 15 is 0 Å². The van der Waals surface area contributed by atoms with Crippen LogP contribution in [0, 0.1) is 5.92 Å². The van der Waals surface area contributed by atoms with Crippen LogP contribution in [-0.2, 0) is 4.74 Å². The number of hydrogen-bond acceptors (Lipinski definition) is 7. The highest BCUT2D eigenvalue weighted by molar-refractivity contribution is 5.68. The number of aromatic nitrogens is 1. The van der Waals surface area contributed by atoms with Crippen molar-refractivity contribution in [2.45, 2.75) is 76.2 Å². The van der Waals surface area contributed by atoms with Crippen molar-refractivity contribution in [3.8, 4) is 5.75 Å². The number of carbonyl (C=O) groups excluding carboxylic acids is 1. The summed E-state index contributed by atoms with van der Waals surface area (Å²) in [7, 11) is 3.45. The molecule has 4 N–H and O–H groups in total. The van der Waals surface area contributed by atoms with Gasteiger partial charge in [-0.05, 0) is 63.0 Å². The molecule has 1 heterocycles. The second-order valence-electron chi connectivity index (χ2n) is 9.91. The molecule has 0 spiro atoms. The van der Waals surface area contributed by atoms with Crippen LogP contribution < -0.4 is 16.3 Å². The van der Waals surface area contributed by atoms with Crippen LogP contribution in [0.25, 0.3) is 5.70 Å². The van der Waals surface area contributed by atoms with Gasteiger partial charge in [-0.25, -0.2) is 15.6 Å². The van der Waals surface area contributed by atoms with Crippen LogP contribution in [0.5, 0.6) is 5.75 Å². The number of likely N-dealkylation sites (N-methyl/N-ethyl adjacent to an activating group) is 1. The summed E-state index contributed by atoms with van der Waals surface area (Å²) in [4.78, 5) is 18.9. The van der Waals surface area contributed by atoms with E-state index in [1.165, 1.54) is 37.1 Å². The number of pyridine rings is 1. The van der Waals surface area contributed by atoms with E-state index in [1.807, 2.05) is 12.1 Å². The van der Waals surface area contributed by atoms with Crippen LogP contribution in [0.2, 0.25) is 0 Å². The molecule has 0 saturated heterocycles. The first-order chi connectivity index (χ1) is 15.9. The molecule has 4 rings (SSSR count). The molecule has 0 aromatic carbocycles. The Kier molecular flexibility index (Phi) is 7.63. The van der Waals surface area contributed by atoms with Crippen LogP contribution >= 0.6 is 0 Å². The van der Waals surface area contributed by atoms with Gasteiger partial charge in [-0.15, -0.1) is 0 Å². The van der Waals surface area contributed by atoms with E-state index in [1.54, 1.807) is 19.0 Å². The van der Waals surface area contributed by atoms with Gasteiger partial charge >= 0.3 is 6.09 Å². The molecule has 1 aromatic rings. The Morgan fingerprint density at radius 2 is 1.82 bits per heavy atom. The minimum atomic E-state index is -0.370. The van der Waals surface area contributed by atoms with Gasteiger partial charge in [0, 0.05) is 26.6 Å². The molecule has 0 aliphatic heterocycles. The lowest BCUT2D eigenvalue weighted by molar-refractivity contribution is 0.112. The fourth-order valence-electron chi connectivity index (χ4n) is 4.36. The van der Waals surface area contributed by atoms with E-state index in [9.17, 15) is 4.79 Å². The maximum Gasteiger partial charge on any atom is 0.409 e. The lowest BCUT2D eigenvalue weighted by Crippen LogP contribution is -2.34. The topological polar surface area (TPSA) is 107 Å². The Morgan fingerprint density at radius 1 is 1.09 bits per heavy atom. The Hall–Kier alpha value is -2.48. The first kappa shape index (κ1) is 23.7. The standard InChI is InChI=1S/C25H39N5O3/c1-29(15-14-17-8-9-17)25(31)32-16-21(30(2)27)23(26)20-12-13-22(24(28-20)18-10-11-18)33-19-6-4-3-5-7-19/h12-13,17-19H,3-11,14-16,26-27H2,1-2H3/b23-21-. The van der Waals surface area contributed by atoms with Crippen molar-refractivity contribution in [3.05, 3.63) is 29.2 Å². The minimum Gasteiger partial charge on any atom is -0.489 e. The van der Waals surface area contributed by atoms with E-state index in [4.69, 9.17) is 26.0 Å². The first-order valence-electron chi connectivity index (χ1n) is 12.4. The largest absolute Gasteiger partial charge is 0.489 e. The molecular weight excluding hydrogens is 418 g/mol. The number of amides is 1. The maximum absolute atomic E-state index is 12.4. The van der Waals surface area contributed by atoms with Gasteiger partial charge in [-0.2, -0.15) is 0 Å². The summed E-state index contributed by atoms with van der Waals surface area (Å²) < 4.78 is 11.9. The molecule has 0 atom stereocenters. The summed E-state index contributed by atoms with van der Waals surface area (Å²) >= 11 is 0. The molecule has 3 aliphatic rings. The molecular formula is C25H39N5O3. The van der Waals surface area contributed by atoms with E-state index in [-0.39, 0.29) is 18.8 Å². The van der Waals surface area contributed by atoms with E-state index in [0.29, 0.717) is 29.6 Å². The summed E-state index contributed by atoms with van der Waals surface area (Å²) in [5.41, 5.74) is 9.04. The molecule has 3 aliphatic carbocycles. The molecule has 182 valence electrons. The third-order valence-corrected chi connectivity index (χ3v) is 6.92. The first-order valence-corrected chi connectivity index (χ1v) is 12.4. The lowest BCUT2D eigenvalue weighted by atomic mass is 9.98. The lowest BCUT2D eigenvalue weighted by Gasteiger charge is -2.25. The Balaban J connectivity index is 1.45. The van der Waals surface area contributed by atoms with Gasteiger partial charge in [0.2, 0.25) is 0 Å². The number of nitrogens with zero attached hydrogens (tertiary/aromatic N) is 3. The van der Waals surface area contributed by atoms with Crippen LogP contribution in [0.15, 0.2) is 17.8 Å². The molecule has 0 bridgehead atoms. The minimum absolute atomic E-state index is 0.00774.